The summed E-state index contributed by atoms with van der Waals surface area (Å²) in [6.07, 6.45) is 0. The first-order valence-electron chi connectivity index (χ1n) is 13.0. The highest BCUT2D eigenvalue weighted by Crippen LogP contribution is 2.43. The lowest BCUT2D eigenvalue weighted by Crippen LogP contribution is -2.29. The van der Waals surface area contributed by atoms with Crippen molar-refractivity contribution >= 4 is 23.1 Å². The van der Waals surface area contributed by atoms with Gasteiger partial charge in [0.2, 0.25) is 0 Å². The van der Waals surface area contributed by atoms with Gasteiger partial charge in [0.05, 0.1) is 18.2 Å². The maximum Gasteiger partial charge on any atom is 0.300 e. The number of aliphatic hydroxyl groups excluding tert-OH is 1. The Balaban J connectivity index is 1.56. The van der Waals surface area contributed by atoms with E-state index in [0.29, 0.717) is 41.4 Å². The highest BCUT2D eigenvalue weighted by Gasteiger charge is 2.47. The lowest BCUT2D eigenvalue weighted by molar-refractivity contribution is -0.132. The number of rotatable bonds is 8. The molecule has 0 radical (unpaired) electrons. The fourth-order valence-corrected chi connectivity index (χ4v) is 4.81. The second kappa shape index (κ2) is 11.6. The van der Waals surface area contributed by atoms with Gasteiger partial charge in [-0.15, -0.1) is 0 Å². The van der Waals surface area contributed by atoms with E-state index in [0.717, 1.165) is 22.6 Å². The molecule has 1 aliphatic heterocycles. The van der Waals surface area contributed by atoms with E-state index >= 15 is 0 Å². The molecule has 4 aromatic rings. The smallest absolute Gasteiger partial charge is 0.300 e. The molecular weight excluding hydrogens is 528 g/mol. The number of aryl methyl sites for hydroxylation is 1. The van der Waals surface area contributed by atoms with E-state index in [-0.39, 0.29) is 11.3 Å². The van der Waals surface area contributed by atoms with Crippen LogP contribution in [0.15, 0.2) is 96.6 Å². The first-order valence-corrected chi connectivity index (χ1v) is 13.0. The molecule has 208 valence electrons. The van der Waals surface area contributed by atoms with Gasteiger partial charge in [-0.05, 0) is 73.0 Å². The summed E-state index contributed by atoms with van der Waals surface area (Å²) in [6, 6.07) is 23.1. The second-order valence-corrected chi connectivity index (χ2v) is 9.52. The third-order valence-corrected chi connectivity index (χ3v) is 6.82. The number of nitrogens with zero attached hydrogens (tertiary/aromatic N) is 1. The van der Waals surface area contributed by atoms with Crippen LogP contribution in [-0.4, -0.2) is 23.4 Å². The molecule has 1 heterocycles. The molecule has 0 aliphatic carbocycles. The van der Waals surface area contributed by atoms with Crippen LogP contribution in [0.1, 0.15) is 35.2 Å². The number of hydrogen-bond acceptors (Lipinski definition) is 5. The number of hydrogen-bond donors (Lipinski definition) is 1. The number of carbonyl (C=O) groups excluding carboxylic acids is 2. The molecule has 1 fully saturated rings. The van der Waals surface area contributed by atoms with Crippen LogP contribution in [0.4, 0.5) is 14.5 Å². The number of anilines is 1. The molecule has 0 aromatic heterocycles. The van der Waals surface area contributed by atoms with Crippen molar-refractivity contribution in [2.24, 2.45) is 0 Å². The molecule has 1 saturated heterocycles. The number of amides is 1. The summed E-state index contributed by atoms with van der Waals surface area (Å²) in [6.45, 7) is 4.44. The van der Waals surface area contributed by atoms with Crippen LogP contribution >= 0.6 is 0 Å². The molecule has 41 heavy (non-hydrogen) atoms. The molecule has 1 aliphatic rings. The summed E-state index contributed by atoms with van der Waals surface area (Å²) < 4.78 is 39.4. The van der Waals surface area contributed by atoms with Crippen LogP contribution in [-0.2, 0) is 16.2 Å². The first kappa shape index (κ1) is 27.6. The quantitative estimate of drug-likeness (QED) is 0.146. The van der Waals surface area contributed by atoms with Crippen LogP contribution < -0.4 is 14.4 Å². The fraction of sp³-hybridized carbons (Fsp3) is 0.152. The number of benzene rings is 4. The maximum atomic E-state index is 14.2. The third kappa shape index (κ3) is 5.54. The predicted octanol–water partition coefficient (Wildman–Crippen LogP) is 6.88. The molecule has 1 unspecified atom stereocenters. The number of ketones is 1. The minimum atomic E-state index is -1.17. The molecular formula is C33H27F2NO5. The van der Waals surface area contributed by atoms with Crippen molar-refractivity contribution in [1.82, 2.24) is 0 Å². The van der Waals surface area contributed by atoms with Crippen LogP contribution in [0.2, 0.25) is 0 Å². The fourth-order valence-electron chi connectivity index (χ4n) is 4.81. The van der Waals surface area contributed by atoms with E-state index in [1.54, 1.807) is 49.4 Å². The Morgan fingerprint density at radius 1 is 0.878 bits per heavy atom. The Kier molecular flexibility index (Phi) is 7.83. The van der Waals surface area contributed by atoms with Gasteiger partial charge in [0.25, 0.3) is 11.7 Å². The number of halogens is 2. The maximum absolute atomic E-state index is 14.2. The predicted molar refractivity (Wildman–Crippen MR) is 151 cm³/mol. The topological polar surface area (TPSA) is 76.1 Å². The number of aliphatic hydroxyl groups is 1. The second-order valence-electron chi connectivity index (χ2n) is 9.52. The van der Waals surface area contributed by atoms with Crippen LogP contribution in [0.25, 0.3) is 5.76 Å². The molecule has 1 amide bonds. The zero-order valence-electron chi connectivity index (χ0n) is 22.4. The van der Waals surface area contributed by atoms with Gasteiger partial charge in [-0.2, -0.15) is 0 Å². The lowest BCUT2D eigenvalue weighted by atomic mass is 9.94. The van der Waals surface area contributed by atoms with Gasteiger partial charge in [-0.3, -0.25) is 14.5 Å². The van der Waals surface area contributed by atoms with Crippen molar-refractivity contribution in [3.8, 4) is 11.5 Å². The molecule has 1 N–H and O–H groups in total. The monoisotopic (exact) mass is 555 g/mol. The number of ether oxygens (including phenoxy) is 2. The van der Waals surface area contributed by atoms with Crippen molar-refractivity contribution in [1.29, 1.82) is 0 Å². The van der Waals surface area contributed by atoms with Gasteiger partial charge in [-0.25, -0.2) is 8.78 Å². The molecule has 5 rings (SSSR count). The Morgan fingerprint density at radius 2 is 1.61 bits per heavy atom. The van der Waals surface area contributed by atoms with Gasteiger partial charge in [-0.1, -0.05) is 42.5 Å². The van der Waals surface area contributed by atoms with Crippen LogP contribution in [0, 0.1) is 18.6 Å². The van der Waals surface area contributed by atoms with E-state index in [2.05, 4.69) is 0 Å². The van der Waals surface area contributed by atoms with Crippen LogP contribution in [0.3, 0.4) is 0 Å². The van der Waals surface area contributed by atoms with E-state index in [9.17, 15) is 23.5 Å². The summed E-state index contributed by atoms with van der Waals surface area (Å²) in [7, 11) is 0. The molecule has 6 nitrogen and oxygen atoms in total. The summed E-state index contributed by atoms with van der Waals surface area (Å²) in [5.74, 6) is -3.42. The van der Waals surface area contributed by atoms with Crippen molar-refractivity contribution < 1.29 is 33.0 Å². The number of Topliss-reactive ketones (excluding diaryl/α,β-unsaturated/α-hetero) is 1. The minimum Gasteiger partial charge on any atom is -0.507 e. The SMILES string of the molecule is CCOc1ccc(C2/C(=C(\O)c3ccc(OCc4ccccc4)c(C)c3)C(=O)C(=O)N2c2ccc(F)c(F)c2)cc1. The Labute approximate surface area is 236 Å². The van der Waals surface area contributed by atoms with E-state index in [1.807, 2.05) is 37.3 Å². The van der Waals surface area contributed by atoms with Crippen molar-refractivity contribution in [3.05, 3.63) is 130 Å². The highest BCUT2D eigenvalue weighted by atomic mass is 19.2. The molecule has 0 saturated carbocycles. The summed E-state index contributed by atoms with van der Waals surface area (Å²) >= 11 is 0. The normalized spacial score (nSPS) is 16.2. The lowest BCUT2D eigenvalue weighted by Gasteiger charge is -2.25. The van der Waals surface area contributed by atoms with E-state index < -0.39 is 35.1 Å². The zero-order chi connectivity index (χ0) is 29.1. The number of carbonyl (C=O) groups is 2. The average molecular weight is 556 g/mol. The molecule has 8 heteroatoms. The van der Waals surface area contributed by atoms with Gasteiger partial charge in [0.15, 0.2) is 11.6 Å². The van der Waals surface area contributed by atoms with Crippen LogP contribution in [0.5, 0.6) is 11.5 Å². The summed E-state index contributed by atoms with van der Waals surface area (Å²) in [4.78, 5) is 27.8. The van der Waals surface area contributed by atoms with Crippen molar-refractivity contribution in [2.45, 2.75) is 26.5 Å². The molecule has 4 aromatic carbocycles. The van der Waals surface area contributed by atoms with E-state index in [4.69, 9.17) is 9.47 Å². The Hall–Kier alpha value is -4.98. The van der Waals surface area contributed by atoms with Crippen molar-refractivity contribution in [2.75, 3.05) is 11.5 Å². The van der Waals surface area contributed by atoms with E-state index in [1.165, 1.54) is 6.07 Å². The van der Waals surface area contributed by atoms with Gasteiger partial charge in [0, 0.05) is 17.3 Å². The first-order chi connectivity index (χ1) is 19.8. The molecule has 1 atom stereocenters. The largest absolute Gasteiger partial charge is 0.507 e. The summed E-state index contributed by atoms with van der Waals surface area (Å²) in [5.41, 5.74) is 2.27. The third-order valence-electron chi connectivity index (χ3n) is 6.82. The Morgan fingerprint density at radius 3 is 2.27 bits per heavy atom. The van der Waals surface area contributed by atoms with Crippen molar-refractivity contribution in [3.63, 3.8) is 0 Å². The highest BCUT2D eigenvalue weighted by molar-refractivity contribution is 6.51. The van der Waals surface area contributed by atoms with Gasteiger partial charge < -0.3 is 14.6 Å². The Bertz CT molecular complexity index is 1630. The molecule has 0 spiro atoms. The zero-order valence-corrected chi connectivity index (χ0v) is 22.4. The minimum absolute atomic E-state index is 0.0234. The average Bonchev–Trinajstić information content (AvgIpc) is 3.24. The standard InChI is InChI=1S/C33H27F2NO5/c1-3-40-25-13-9-22(10-14-25)30-29(32(38)33(39)36(30)24-12-15-26(34)27(35)18-24)31(37)23-11-16-28(20(2)17-23)41-19-21-7-5-4-6-8-21/h4-18,30,37H,3,19H2,1-2H3/b31-29+. The summed E-state index contributed by atoms with van der Waals surface area (Å²) in [5, 5.41) is 11.4. The molecule has 0 bridgehead atoms. The van der Waals surface area contributed by atoms with Gasteiger partial charge >= 0.3 is 0 Å². The van der Waals surface area contributed by atoms with Gasteiger partial charge in [0.1, 0.15) is 23.9 Å².